The molecular weight excluding hydrogens is 196 g/mol. The molecule has 1 heteroatoms. The minimum atomic E-state index is 0.182. The summed E-state index contributed by atoms with van der Waals surface area (Å²) in [6.07, 6.45) is 6.23. The van der Waals surface area contributed by atoms with Crippen molar-refractivity contribution in [3.05, 3.63) is 11.6 Å². The number of hydrogen-bond acceptors (Lipinski definition) is 1. The molecule has 0 aromatic heterocycles. The van der Waals surface area contributed by atoms with E-state index in [4.69, 9.17) is 0 Å². The monoisotopic (exact) mass is 222 g/mol. The van der Waals surface area contributed by atoms with E-state index in [1.807, 2.05) is 0 Å². The Hall–Kier alpha value is -0.300. The number of aliphatic hydroxyl groups is 1. The highest BCUT2D eigenvalue weighted by Crippen LogP contribution is 2.67. The smallest absolute Gasteiger partial charge is 0.0499 e. The van der Waals surface area contributed by atoms with E-state index in [-0.39, 0.29) is 10.8 Å². The molecule has 16 heavy (non-hydrogen) atoms. The maximum Gasteiger partial charge on any atom is 0.0499 e. The molecule has 0 unspecified atom stereocenters. The summed E-state index contributed by atoms with van der Waals surface area (Å²) in [6.45, 7) is 12.2. The molecule has 2 rings (SSSR count). The summed E-state index contributed by atoms with van der Waals surface area (Å²) in [7, 11) is 0. The van der Waals surface area contributed by atoms with Gasteiger partial charge >= 0.3 is 0 Å². The van der Waals surface area contributed by atoms with Crippen molar-refractivity contribution in [3.63, 3.8) is 0 Å². The van der Waals surface area contributed by atoms with Gasteiger partial charge in [-0.1, -0.05) is 46.3 Å². The molecule has 1 nitrogen and oxygen atoms in total. The van der Waals surface area contributed by atoms with Crippen LogP contribution in [0.15, 0.2) is 11.6 Å². The first-order chi connectivity index (χ1) is 7.27. The van der Waals surface area contributed by atoms with Crippen molar-refractivity contribution < 1.29 is 5.11 Å². The molecule has 0 aromatic rings. The van der Waals surface area contributed by atoms with Crippen molar-refractivity contribution in [1.29, 1.82) is 0 Å². The summed E-state index contributed by atoms with van der Waals surface area (Å²) < 4.78 is 0. The molecular formula is C15H26O. The zero-order valence-electron chi connectivity index (χ0n) is 11.4. The average molecular weight is 222 g/mol. The van der Waals surface area contributed by atoms with Crippen LogP contribution in [0.2, 0.25) is 0 Å². The van der Waals surface area contributed by atoms with Crippen LogP contribution in [0.25, 0.3) is 0 Å². The summed E-state index contributed by atoms with van der Waals surface area (Å²) >= 11 is 0. The van der Waals surface area contributed by atoms with Crippen molar-refractivity contribution in [2.75, 3.05) is 6.61 Å². The predicted octanol–water partition coefficient (Wildman–Crippen LogP) is 3.78. The van der Waals surface area contributed by atoms with Gasteiger partial charge in [-0.15, -0.1) is 0 Å². The lowest BCUT2D eigenvalue weighted by Gasteiger charge is -2.56. The summed E-state index contributed by atoms with van der Waals surface area (Å²) in [5.41, 5.74) is 2.39. The summed E-state index contributed by atoms with van der Waals surface area (Å²) in [5.74, 6) is 0.338. The van der Waals surface area contributed by atoms with Crippen molar-refractivity contribution in [2.45, 2.75) is 53.9 Å². The Morgan fingerprint density at radius 3 is 2.38 bits per heavy atom. The number of fused-ring (bicyclic) bond motifs is 1. The molecule has 1 saturated carbocycles. The molecule has 0 aliphatic heterocycles. The van der Waals surface area contributed by atoms with Gasteiger partial charge in [0.2, 0.25) is 0 Å². The lowest BCUT2D eigenvalue weighted by Crippen LogP contribution is -2.49. The Labute approximate surface area is 99.9 Å². The largest absolute Gasteiger partial charge is 0.396 e. The lowest BCUT2D eigenvalue weighted by molar-refractivity contribution is -0.0418. The van der Waals surface area contributed by atoms with Crippen molar-refractivity contribution in [3.8, 4) is 0 Å². The second-order valence-electron chi connectivity index (χ2n) is 7.07. The number of aliphatic hydroxyl groups excluding tert-OH is 1. The maximum absolute atomic E-state index is 9.59. The van der Waals surface area contributed by atoms with E-state index in [2.05, 4.69) is 40.7 Å². The van der Waals surface area contributed by atoms with Gasteiger partial charge in [-0.25, -0.2) is 0 Å². The van der Waals surface area contributed by atoms with E-state index < -0.39 is 0 Å². The maximum atomic E-state index is 9.59. The fourth-order valence-electron chi connectivity index (χ4n) is 4.29. The molecule has 2 aliphatic carbocycles. The van der Waals surface area contributed by atoms with E-state index in [1.54, 1.807) is 5.57 Å². The molecule has 1 fully saturated rings. The van der Waals surface area contributed by atoms with Crippen LogP contribution < -0.4 is 0 Å². The second kappa shape index (κ2) is 3.35. The number of allylic oxidation sites excluding steroid dienone is 1. The normalized spacial score (nSPS) is 40.4. The van der Waals surface area contributed by atoms with Crippen LogP contribution in [0.5, 0.6) is 0 Å². The third-order valence-electron chi connectivity index (χ3n) is 6.06. The van der Waals surface area contributed by atoms with Gasteiger partial charge < -0.3 is 5.11 Å². The fourth-order valence-corrected chi connectivity index (χ4v) is 4.29. The zero-order valence-corrected chi connectivity index (χ0v) is 11.4. The highest BCUT2D eigenvalue weighted by molar-refractivity contribution is 5.32. The first kappa shape index (κ1) is 12.2. The predicted molar refractivity (Wildman–Crippen MR) is 68.2 cm³/mol. The molecule has 1 N–H and O–H groups in total. The highest BCUT2D eigenvalue weighted by Gasteiger charge is 2.59. The van der Waals surface area contributed by atoms with E-state index in [0.717, 1.165) is 0 Å². The third-order valence-corrected chi connectivity index (χ3v) is 6.06. The highest BCUT2D eigenvalue weighted by atomic mass is 16.3. The average Bonchev–Trinajstić information content (AvgIpc) is 2.38. The van der Waals surface area contributed by atoms with Gasteiger partial charge in [0.05, 0.1) is 0 Å². The zero-order chi connectivity index (χ0) is 12.2. The lowest BCUT2D eigenvalue weighted by atomic mass is 9.48. The second-order valence-corrected chi connectivity index (χ2v) is 7.07. The van der Waals surface area contributed by atoms with E-state index in [9.17, 15) is 5.11 Å². The molecule has 0 heterocycles. The van der Waals surface area contributed by atoms with Crippen LogP contribution in [0.3, 0.4) is 0 Å². The van der Waals surface area contributed by atoms with Gasteiger partial charge in [-0.05, 0) is 35.5 Å². The molecule has 0 aromatic carbocycles. The van der Waals surface area contributed by atoms with Crippen LogP contribution in [0.1, 0.15) is 53.9 Å². The van der Waals surface area contributed by atoms with E-state index >= 15 is 0 Å². The molecule has 2 aliphatic rings. The molecule has 2 atom stereocenters. The molecule has 0 amide bonds. The quantitative estimate of drug-likeness (QED) is 0.669. The first-order valence-corrected chi connectivity index (χ1v) is 6.59. The Kier molecular flexibility index (Phi) is 2.55. The molecule has 0 saturated heterocycles. The molecule has 92 valence electrons. The van der Waals surface area contributed by atoms with Gasteiger partial charge in [0.25, 0.3) is 0 Å². The topological polar surface area (TPSA) is 20.2 Å². The number of hydrogen-bond donors (Lipinski definition) is 1. The van der Waals surface area contributed by atoms with Crippen LogP contribution >= 0.6 is 0 Å². The van der Waals surface area contributed by atoms with Crippen LogP contribution in [-0.4, -0.2) is 11.7 Å². The van der Waals surface area contributed by atoms with Crippen LogP contribution in [-0.2, 0) is 0 Å². The Bertz CT molecular complexity index is 324. The summed E-state index contributed by atoms with van der Waals surface area (Å²) in [5, 5.41) is 9.59. The van der Waals surface area contributed by atoms with Crippen LogP contribution in [0, 0.1) is 22.2 Å². The standard InChI is InChI=1S/C15H26O/c1-13(2)8-6-7-11-9-12(10-16)14(3,4)15(11,13)5/h9,12,16H,6-8,10H2,1-5H3/t12-,15-/m1/s1. The SMILES string of the molecule is CC1(C)CCCC2=C[C@H](CO)C(C)(C)[C@]21C. The Morgan fingerprint density at radius 2 is 1.88 bits per heavy atom. The molecule has 0 bridgehead atoms. The number of rotatable bonds is 1. The first-order valence-electron chi connectivity index (χ1n) is 6.59. The van der Waals surface area contributed by atoms with Gasteiger partial charge in [-0.3, -0.25) is 0 Å². The van der Waals surface area contributed by atoms with E-state index in [0.29, 0.717) is 17.9 Å². The van der Waals surface area contributed by atoms with Crippen molar-refractivity contribution in [2.24, 2.45) is 22.2 Å². The van der Waals surface area contributed by atoms with Gasteiger partial charge in [0, 0.05) is 12.5 Å². The minimum Gasteiger partial charge on any atom is -0.396 e. The fraction of sp³-hybridized carbons (Fsp3) is 0.867. The van der Waals surface area contributed by atoms with Crippen molar-refractivity contribution in [1.82, 2.24) is 0 Å². The van der Waals surface area contributed by atoms with Gasteiger partial charge in [-0.2, -0.15) is 0 Å². The van der Waals surface area contributed by atoms with Crippen LogP contribution in [0.4, 0.5) is 0 Å². The summed E-state index contributed by atoms with van der Waals surface area (Å²) in [6, 6.07) is 0. The van der Waals surface area contributed by atoms with Gasteiger partial charge in [0.15, 0.2) is 0 Å². The Balaban J connectivity index is 2.51. The molecule has 0 radical (unpaired) electrons. The van der Waals surface area contributed by atoms with E-state index in [1.165, 1.54) is 19.3 Å². The Morgan fingerprint density at radius 1 is 1.25 bits per heavy atom. The third kappa shape index (κ3) is 1.21. The van der Waals surface area contributed by atoms with Crippen molar-refractivity contribution >= 4 is 0 Å². The minimum absolute atomic E-state index is 0.182. The molecule has 0 spiro atoms. The van der Waals surface area contributed by atoms with Gasteiger partial charge in [0.1, 0.15) is 0 Å². The summed E-state index contributed by atoms with van der Waals surface area (Å²) in [4.78, 5) is 0.